The number of fused-ring (bicyclic) bond motifs is 1. The highest BCUT2D eigenvalue weighted by Crippen LogP contribution is 2.11. The molecular formula is C8H8N4OS. The summed E-state index contributed by atoms with van der Waals surface area (Å²) in [7, 11) is 0. The largest absolute Gasteiger partial charge is 0.296 e. The molecule has 5 nitrogen and oxygen atoms in total. The lowest BCUT2D eigenvalue weighted by molar-refractivity contribution is 0.824. The number of aryl methyl sites for hydroxylation is 1. The summed E-state index contributed by atoms with van der Waals surface area (Å²) in [5.74, 6) is 0. The number of allylic oxidation sites excluding steroid dienone is 1. The molecule has 0 aliphatic carbocycles. The standard InChI is InChI=1S/C8H8N4OS/c1-3-4-6-11-12-7(13)5(2)9-10-8(12)14-6/h3-4H,1-2H3/b4-3+. The molecule has 0 N–H and O–H groups in total. The molecular weight excluding hydrogens is 200 g/mol. The fourth-order valence-corrected chi connectivity index (χ4v) is 1.82. The second-order valence-corrected chi connectivity index (χ2v) is 3.71. The number of rotatable bonds is 1. The van der Waals surface area contributed by atoms with Crippen LogP contribution in [0.1, 0.15) is 17.6 Å². The van der Waals surface area contributed by atoms with Crippen LogP contribution in [0, 0.1) is 6.92 Å². The van der Waals surface area contributed by atoms with Crippen LogP contribution in [0.25, 0.3) is 11.0 Å². The molecule has 0 amide bonds. The number of nitrogens with zero attached hydrogens (tertiary/aromatic N) is 4. The third-order valence-corrected chi connectivity index (χ3v) is 2.54. The first-order chi connectivity index (χ1) is 6.72. The summed E-state index contributed by atoms with van der Waals surface area (Å²) in [6, 6.07) is 0. The van der Waals surface area contributed by atoms with E-state index in [-0.39, 0.29) is 5.56 Å². The minimum absolute atomic E-state index is 0.206. The maximum absolute atomic E-state index is 11.5. The van der Waals surface area contributed by atoms with Crippen molar-refractivity contribution in [3.05, 3.63) is 27.1 Å². The minimum atomic E-state index is -0.206. The van der Waals surface area contributed by atoms with Crippen molar-refractivity contribution in [1.82, 2.24) is 19.8 Å². The summed E-state index contributed by atoms with van der Waals surface area (Å²) in [6.45, 7) is 3.52. The first-order valence-corrected chi connectivity index (χ1v) is 4.90. The van der Waals surface area contributed by atoms with E-state index in [1.807, 2.05) is 19.1 Å². The number of hydrogen-bond acceptors (Lipinski definition) is 5. The van der Waals surface area contributed by atoms with E-state index < -0.39 is 0 Å². The van der Waals surface area contributed by atoms with Gasteiger partial charge < -0.3 is 0 Å². The third-order valence-electron chi connectivity index (χ3n) is 1.67. The van der Waals surface area contributed by atoms with Gasteiger partial charge in [-0.1, -0.05) is 17.4 Å². The molecule has 0 unspecified atom stereocenters. The highest BCUT2D eigenvalue weighted by Gasteiger charge is 2.06. The summed E-state index contributed by atoms with van der Waals surface area (Å²) >= 11 is 1.34. The Morgan fingerprint density at radius 1 is 1.43 bits per heavy atom. The lowest BCUT2D eigenvalue weighted by atomic mass is 10.5. The van der Waals surface area contributed by atoms with Gasteiger partial charge in [-0.2, -0.15) is 9.61 Å². The van der Waals surface area contributed by atoms with Crippen LogP contribution < -0.4 is 5.56 Å². The first kappa shape index (κ1) is 9.01. The molecule has 0 aliphatic heterocycles. The second-order valence-electron chi connectivity index (χ2n) is 2.73. The van der Waals surface area contributed by atoms with E-state index >= 15 is 0 Å². The molecule has 14 heavy (non-hydrogen) atoms. The normalized spacial score (nSPS) is 11.6. The average Bonchev–Trinajstić information content (AvgIpc) is 2.56. The zero-order chi connectivity index (χ0) is 10.1. The molecule has 2 aromatic rings. The van der Waals surface area contributed by atoms with Crippen LogP contribution >= 0.6 is 11.3 Å². The zero-order valence-electron chi connectivity index (χ0n) is 7.76. The van der Waals surface area contributed by atoms with Crippen molar-refractivity contribution in [2.75, 3.05) is 0 Å². The third kappa shape index (κ3) is 1.33. The van der Waals surface area contributed by atoms with Gasteiger partial charge in [0.2, 0.25) is 4.96 Å². The van der Waals surface area contributed by atoms with Gasteiger partial charge in [-0.25, -0.2) is 0 Å². The topological polar surface area (TPSA) is 60.2 Å². The quantitative estimate of drug-likeness (QED) is 0.698. The van der Waals surface area contributed by atoms with Crippen molar-refractivity contribution in [3.8, 4) is 0 Å². The smallest absolute Gasteiger partial charge is 0.265 e. The zero-order valence-corrected chi connectivity index (χ0v) is 8.58. The Balaban J connectivity index is 2.78. The summed E-state index contributed by atoms with van der Waals surface area (Å²) in [5, 5.41) is 12.5. The van der Waals surface area contributed by atoms with Crippen molar-refractivity contribution in [3.63, 3.8) is 0 Å². The van der Waals surface area contributed by atoms with E-state index in [0.29, 0.717) is 10.7 Å². The summed E-state index contributed by atoms with van der Waals surface area (Å²) in [6.07, 6.45) is 3.69. The molecule has 0 fully saturated rings. The minimum Gasteiger partial charge on any atom is -0.265 e. The van der Waals surface area contributed by atoms with Crippen LogP contribution in [0.4, 0.5) is 0 Å². The van der Waals surface area contributed by atoms with Crippen LogP contribution in [0.2, 0.25) is 0 Å². The van der Waals surface area contributed by atoms with Crippen LogP contribution in [0.5, 0.6) is 0 Å². The van der Waals surface area contributed by atoms with Crippen LogP contribution in [0.3, 0.4) is 0 Å². The summed E-state index contributed by atoms with van der Waals surface area (Å²) in [4.78, 5) is 12.0. The molecule has 0 spiro atoms. The van der Waals surface area contributed by atoms with Crippen LogP contribution in [0.15, 0.2) is 10.9 Å². The monoisotopic (exact) mass is 208 g/mol. The molecule has 6 heteroatoms. The van der Waals surface area contributed by atoms with Crippen molar-refractivity contribution in [2.45, 2.75) is 13.8 Å². The molecule has 0 aromatic carbocycles. The molecule has 0 aliphatic rings. The average molecular weight is 208 g/mol. The Morgan fingerprint density at radius 2 is 2.21 bits per heavy atom. The molecule has 0 bridgehead atoms. The predicted molar refractivity (Wildman–Crippen MR) is 54.4 cm³/mol. The maximum Gasteiger partial charge on any atom is 0.296 e. The van der Waals surface area contributed by atoms with Crippen LogP contribution in [-0.2, 0) is 0 Å². The molecule has 0 atom stereocenters. The van der Waals surface area contributed by atoms with Gasteiger partial charge in [0, 0.05) is 0 Å². The van der Waals surface area contributed by atoms with Gasteiger partial charge in [0.15, 0.2) is 0 Å². The Bertz CT molecular complexity index is 554. The van der Waals surface area contributed by atoms with Gasteiger partial charge >= 0.3 is 0 Å². The van der Waals surface area contributed by atoms with Gasteiger partial charge in [-0.15, -0.1) is 10.2 Å². The van der Waals surface area contributed by atoms with Crippen LogP contribution in [-0.4, -0.2) is 19.8 Å². The Morgan fingerprint density at radius 3 is 2.93 bits per heavy atom. The summed E-state index contributed by atoms with van der Waals surface area (Å²) in [5.41, 5.74) is 0.154. The lowest BCUT2D eigenvalue weighted by Gasteiger charge is -1.88. The summed E-state index contributed by atoms with van der Waals surface area (Å²) < 4.78 is 1.28. The molecule has 72 valence electrons. The highest BCUT2D eigenvalue weighted by atomic mass is 32.1. The molecule has 0 saturated heterocycles. The SMILES string of the molecule is C/C=C/c1nn2c(=O)c(C)nnc2s1. The fraction of sp³-hybridized carbons (Fsp3) is 0.250. The Kier molecular flexibility index (Phi) is 2.12. The number of aromatic nitrogens is 4. The lowest BCUT2D eigenvalue weighted by Crippen LogP contribution is -2.19. The van der Waals surface area contributed by atoms with Crippen molar-refractivity contribution in [2.24, 2.45) is 0 Å². The van der Waals surface area contributed by atoms with E-state index in [2.05, 4.69) is 15.3 Å². The number of hydrogen-bond donors (Lipinski definition) is 0. The Labute approximate surface area is 83.7 Å². The molecule has 2 heterocycles. The molecule has 2 aromatic heterocycles. The van der Waals surface area contributed by atoms with Crippen molar-refractivity contribution < 1.29 is 0 Å². The molecule has 0 saturated carbocycles. The van der Waals surface area contributed by atoms with Gasteiger partial charge in [0.25, 0.3) is 5.56 Å². The Hall–Kier alpha value is -1.56. The second kappa shape index (κ2) is 3.30. The van der Waals surface area contributed by atoms with E-state index in [4.69, 9.17) is 0 Å². The van der Waals surface area contributed by atoms with Crippen molar-refractivity contribution >= 4 is 22.4 Å². The van der Waals surface area contributed by atoms with Gasteiger partial charge in [-0.05, 0) is 19.9 Å². The fourth-order valence-electron chi connectivity index (χ4n) is 1.02. The van der Waals surface area contributed by atoms with Gasteiger partial charge in [0.1, 0.15) is 10.7 Å². The van der Waals surface area contributed by atoms with E-state index in [1.165, 1.54) is 15.9 Å². The first-order valence-electron chi connectivity index (χ1n) is 4.08. The van der Waals surface area contributed by atoms with E-state index in [1.54, 1.807) is 6.92 Å². The highest BCUT2D eigenvalue weighted by molar-refractivity contribution is 7.17. The van der Waals surface area contributed by atoms with E-state index in [0.717, 1.165) is 5.01 Å². The molecule has 2 rings (SSSR count). The van der Waals surface area contributed by atoms with E-state index in [9.17, 15) is 4.79 Å². The van der Waals surface area contributed by atoms with Gasteiger partial charge in [-0.3, -0.25) is 4.79 Å². The van der Waals surface area contributed by atoms with Gasteiger partial charge in [0.05, 0.1) is 0 Å². The van der Waals surface area contributed by atoms with Crippen molar-refractivity contribution in [1.29, 1.82) is 0 Å². The predicted octanol–water partition coefficient (Wildman–Crippen LogP) is 0.888. The molecule has 0 radical (unpaired) electrons. The maximum atomic E-state index is 11.5.